The first-order valence-corrected chi connectivity index (χ1v) is 10.8. The number of halogens is 1. The van der Waals surface area contributed by atoms with Gasteiger partial charge < -0.3 is 5.73 Å². The third-order valence-corrected chi connectivity index (χ3v) is 6.23. The molecule has 10 heteroatoms. The number of hydrogen-bond donors (Lipinski definition) is 2. The number of aryl methyl sites for hydroxylation is 1. The lowest BCUT2D eigenvalue weighted by Crippen LogP contribution is -2.18. The van der Waals surface area contributed by atoms with Crippen LogP contribution in [0.1, 0.15) is 20.9 Å². The largest absolute Gasteiger partial charge is 0.383 e. The van der Waals surface area contributed by atoms with Gasteiger partial charge in [0.25, 0.3) is 5.91 Å². The summed E-state index contributed by atoms with van der Waals surface area (Å²) in [5, 5.41) is 8.89. The molecule has 2 heterocycles. The van der Waals surface area contributed by atoms with Crippen LogP contribution in [0.4, 0.5) is 5.82 Å². The lowest BCUT2D eigenvalue weighted by molar-refractivity contribution is 0.0959. The van der Waals surface area contributed by atoms with Crippen molar-refractivity contribution in [2.24, 2.45) is 5.10 Å². The van der Waals surface area contributed by atoms with Gasteiger partial charge in [0.2, 0.25) is 0 Å². The van der Waals surface area contributed by atoms with Crippen molar-refractivity contribution in [1.29, 1.82) is 0 Å². The van der Waals surface area contributed by atoms with Gasteiger partial charge in [-0.1, -0.05) is 59.3 Å². The van der Waals surface area contributed by atoms with Gasteiger partial charge in [-0.15, -0.1) is 0 Å². The Balaban J connectivity index is 1.55. The molecule has 0 radical (unpaired) electrons. The van der Waals surface area contributed by atoms with E-state index < -0.39 is 5.91 Å². The predicted molar refractivity (Wildman–Crippen MR) is 127 cm³/mol. The number of nitrogens with zero attached hydrogens (tertiary/aromatic N) is 4. The van der Waals surface area contributed by atoms with E-state index in [0.717, 1.165) is 22.7 Å². The van der Waals surface area contributed by atoms with Crippen molar-refractivity contribution >= 4 is 53.1 Å². The number of hydrogen-bond acceptors (Lipinski definition) is 6. The second kappa shape index (κ2) is 8.84. The summed E-state index contributed by atoms with van der Waals surface area (Å²) in [6, 6.07) is 18.9. The van der Waals surface area contributed by atoms with Crippen molar-refractivity contribution in [3.8, 4) is 11.4 Å². The molecule has 7 nitrogen and oxygen atoms in total. The summed E-state index contributed by atoms with van der Waals surface area (Å²) in [6.45, 7) is 1.82. The van der Waals surface area contributed by atoms with Crippen LogP contribution in [-0.2, 0) is 0 Å². The third-order valence-electron chi connectivity index (χ3n) is 4.47. The predicted octanol–water partition coefficient (Wildman–Crippen LogP) is 4.76. The molecule has 3 N–H and O–H groups in total. The molecule has 156 valence electrons. The Morgan fingerprint density at radius 2 is 1.77 bits per heavy atom. The van der Waals surface area contributed by atoms with E-state index in [1.54, 1.807) is 9.25 Å². The zero-order chi connectivity index (χ0) is 22.0. The first-order valence-electron chi connectivity index (χ1n) is 9.18. The number of aromatic nitrogens is 3. The zero-order valence-corrected chi connectivity index (χ0v) is 18.7. The van der Waals surface area contributed by atoms with Crippen molar-refractivity contribution in [3.63, 3.8) is 0 Å². The first-order chi connectivity index (χ1) is 15.0. The summed E-state index contributed by atoms with van der Waals surface area (Å²) in [4.78, 5) is 12.9. The highest BCUT2D eigenvalue weighted by molar-refractivity contribution is 7.73. The molecule has 0 aliphatic carbocycles. The van der Waals surface area contributed by atoms with Crippen LogP contribution in [-0.4, -0.2) is 26.5 Å². The van der Waals surface area contributed by atoms with Crippen molar-refractivity contribution in [2.45, 2.75) is 6.92 Å². The quantitative estimate of drug-likeness (QED) is 0.251. The molecule has 2 aromatic heterocycles. The number of hydrazone groups is 1. The Morgan fingerprint density at radius 1 is 1.16 bits per heavy atom. The van der Waals surface area contributed by atoms with Crippen LogP contribution in [0.3, 0.4) is 0 Å². The number of nitrogens with two attached hydrogens (primary N) is 1. The number of amides is 1. The number of nitrogens with one attached hydrogen (secondary N) is 1. The molecule has 4 aromatic rings. The van der Waals surface area contributed by atoms with Gasteiger partial charge in [0.15, 0.2) is 3.95 Å². The van der Waals surface area contributed by atoms with Crippen LogP contribution in [0.15, 0.2) is 65.8 Å². The van der Waals surface area contributed by atoms with Crippen molar-refractivity contribution < 1.29 is 4.79 Å². The van der Waals surface area contributed by atoms with Gasteiger partial charge in [-0.25, -0.2) is 10.1 Å². The minimum absolute atomic E-state index is 0.264. The molecule has 0 aliphatic heterocycles. The number of para-hydroxylation sites is 2. The monoisotopic (exact) mass is 468 g/mol. The molecular formula is C21H17ClN6OS2. The van der Waals surface area contributed by atoms with Gasteiger partial charge in [-0.2, -0.15) is 10.2 Å². The SMILES string of the molecule is Cc1nn(-c2ccccc2)c(Cl)c1C=NNC(=O)c1sc(=S)n(-c2ccccc2)c1N. The number of nitrogen functional groups attached to an aromatic ring is 1. The number of thiazole rings is 1. The van der Waals surface area contributed by atoms with E-state index in [9.17, 15) is 4.79 Å². The maximum Gasteiger partial charge on any atom is 0.285 e. The van der Waals surface area contributed by atoms with Crippen LogP contribution < -0.4 is 11.2 Å². The fraction of sp³-hybridized carbons (Fsp3) is 0.0476. The molecule has 1 amide bonds. The molecule has 0 aliphatic rings. The Morgan fingerprint density at radius 3 is 2.42 bits per heavy atom. The lowest BCUT2D eigenvalue weighted by atomic mass is 10.3. The lowest BCUT2D eigenvalue weighted by Gasteiger charge is -2.05. The fourth-order valence-electron chi connectivity index (χ4n) is 2.97. The van der Waals surface area contributed by atoms with Gasteiger partial charge in [-0.3, -0.25) is 9.36 Å². The number of benzene rings is 2. The normalized spacial score (nSPS) is 11.2. The summed E-state index contributed by atoms with van der Waals surface area (Å²) in [7, 11) is 0. The summed E-state index contributed by atoms with van der Waals surface area (Å²) in [6.07, 6.45) is 1.46. The molecule has 2 aromatic carbocycles. The van der Waals surface area contributed by atoms with Crippen LogP contribution >= 0.6 is 35.2 Å². The van der Waals surface area contributed by atoms with Gasteiger partial charge in [-0.05, 0) is 43.4 Å². The molecule has 4 rings (SSSR count). The Bertz CT molecular complexity index is 1330. The van der Waals surface area contributed by atoms with Crippen LogP contribution in [0.2, 0.25) is 5.15 Å². The average Bonchev–Trinajstić information content (AvgIpc) is 3.24. The molecule has 0 spiro atoms. The highest BCUT2D eigenvalue weighted by atomic mass is 35.5. The van der Waals surface area contributed by atoms with E-state index in [1.807, 2.05) is 67.6 Å². The average molecular weight is 469 g/mol. The zero-order valence-electron chi connectivity index (χ0n) is 16.3. The van der Waals surface area contributed by atoms with Gasteiger partial charge in [0.1, 0.15) is 15.8 Å². The maximum absolute atomic E-state index is 12.6. The maximum atomic E-state index is 12.6. The van der Waals surface area contributed by atoms with Crippen molar-refractivity contribution in [1.82, 2.24) is 19.8 Å². The molecule has 31 heavy (non-hydrogen) atoms. The smallest absolute Gasteiger partial charge is 0.285 e. The minimum Gasteiger partial charge on any atom is -0.383 e. The molecule has 0 bridgehead atoms. The van der Waals surface area contributed by atoms with Gasteiger partial charge in [0.05, 0.1) is 23.2 Å². The second-order valence-electron chi connectivity index (χ2n) is 6.49. The molecule has 0 atom stereocenters. The number of anilines is 1. The van der Waals surface area contributed by atoms with Crippen LogP contribution in [0, 0.1) is 10.9 Å². The van der Waals surface area contributed by atoms with Gasteiger partial charge in [0, 0.05) is 5.69 Å². The molecular weight excluding hydrogens is 452 g/mol. The van der Waals surface area contributed by atoms with E-state index in [0.29, 0.717) is 20.4 Å². The highest BCUT2D eigenvalue weighted by Gasteiger charge is 2.18. The number of carbonyl (C=O) groups excluding carboxylic acids is 1. The second-order valence-corrected chi connectivity index (χ2v) is 8.49. The molecule has 0 saturated heterocycles. The van der Waals surface area contributed by atoms with E-state index in [1.165, 1.54) is 6.21 Å². The number of rotatable bonds is 5. The summed E-state index contributed by atoms with van der Waals surface area (Å²) < 4.78 is 3.74. The molecule has 0 saturated carbocycles. The van der Waals surface area contributed by atoms with E-state index in [2.05, 4.69) is 15.6 Å². The van der Waals surface area contributed by atoms with E-state index in [-0.39, 0.29) is 10.7 Å². The first kappa shape index (κ1) is 21.0. The fourth-order valence-corrected chi connectivity index (χ4v) is 4.55. The van der Waals surface area contributed by atoms with E-state index in [4.69, 9.17) is 29.6 Å². The Hall–Kier alpha value is -3.27. The number of carbonyl (C=O) groups is 1. The molecule has 0 fully saturated rings. The Labute approximate surface area is 192 Å². The van der Waals surface area contributed by atoms with Crippen molar-refractivity contribution in [3.05, 3.63) is 85.9 Å². The van der Waals surface area contributed by atoms with Gasteiger partial charge >= 0.3 is 0 Å². The summed E-state index contributed by atoms with van der Waals surface area (Å²) in [5.41, 5.74) is 11.6. The third kappa shape index (κ3) is 4.15. The van der Waals surface area contributed by atoms with E-state index >= 15 is 0 Å². The standard InChI is InChI=1S/C21H17ClN6OS2/c1-13-16(18(22)28(26-13)15-10-6-3-7-11-15)12-24-25-20(29)17-19(23)27(21(30)31-17)14-8-4-2-5-9-14/h2-12H,23H2,1H3,(H,25,29). The van der Waals surface area contributed by atoms with Crippen LogP contribution in [0.5, 0.6) is 0 Å². The van der Waals surface area contributed by atoms with Crippen LogP contribution in [0.25, 0.3) is 11.4 Å². The Kier molecular flexibility index (Phi) is 5.99. The summed E-state index contributed by atoms with van der Waals surface area (Å²) >= 11 is 13.0. The topological polar surface area (TPSA) is 90.2 Å². The summed E-state index contributed by atoms with van der Waals surface area (Å²) in [5.74, 6) is -0.191. The highest BCUT2D eigenvalue weighted by Crippen LogP contribution is 2.26. The minimum atomic E-state index is -0.455. The van der Waals surface area contributed by atoms with Crippen molar-refractivity contribution in [2.75, 3.05) is 5.73 Å². The molecule has 0 unspecified atom stereocenters.